The second kappa shape index (κ2) is 7.16. The predicted molar refractivity (Wildman–Crippen MR) is 89.5 cm³/mol. The van der Waals surface area contributed by atoms with E-state index in [1.807, 2.05) is 18.2 Å². The van der Waals surface area contributed by atoms with Crippen molar-refractivity contribution in [2.24, 2.45) is 5.73 Å². The number of hydrogen-bond donors (Lipinski definition) is 1. The van der Waals surface area contributed by atoms with Crippen molar-refractivity contribution in [2.45, 2.75) is 36.5 Å². The van der Waals surface area contributed by atoms with E-state index in [0.717, 1.165) is 16.3 Å². The van der Waals surface area contributed by atoms with Gasteiger partial charge in [0.05, 0.1) is 5.02 Å². The van der Waals surface area contributed by atoms with Gasteiger partial charge in [-0.2, -0.15) is 0 Å². The second-order valence-electron chi connectivity index (χ2n) is 4.95. The van der Waals surface area contributed by atoms with Crippen molar-refractivity contribution in [3.63, 3.8) is 0 Å². The zero-order valence-corrected chi connectivity index (χ0v) is 13.4. The summed E-state index contributed by atoms with van der Waals surface area (Å²) in [6.45, 7) is 4.22. The quantitative estimate of drug-likeness (QED) is 0.766. The van der Waals surface area contributed by atoms with E-state index in [2.05, 4.69) is 44.2 Å². The van der Waals surface area contributed by atoms with E-state index in [9.17, 15) is 0 Å². The zero-order chi connectivity index (χ0) is 14.5. The lowest BCUT2D eigenvalue weighted by molar-refractivity contribution is 0.634. The molecule has 20 heavy (non-hydrogen) atoms. The van der Waals surface area contributed by atoms with Gasteiger partial charge in [0.1, 0.15) is 0 Å². The van der Waals surface area contributed by atoms with E-state index < -0.39 is 0 Å². The average molecular weight is 306 g/mol. The van der Waals surface area contributed by atoms with E-state index >= 15 is 0 Å². The third-order valence-corrected chi connectivity index (χ3v) is 5.28. The Hall–Kier alpha value is -0.960. The summed E-state index contributed by atoms with van der Waals surface area (Å²) in [6.07, 6.45) is 0.940. The summed E-state index contributed by atoms with van der Waals surface area (Å²) in [4.78, 5) is 1.09. The fourth-order valence-electron chi connectivity index (χ4n) is 2.05. The van der Waals surface area contributed by atoms with E-state index in [1.54, 1.807) is 11.8 Å². The van der Waals surface area contributed by atoms with Crippen molar-refractivity contribution in [1.82, 2.24) is 0 Å². The molecule has 0 saturated heterocycles. The number of nitrogens with two attached hydrogens (primary N) is 1. The standard InChI is InChI=1S/C17H20ClNS/c1-3-15(19)17(13-10-8-12(2)9-11-13)20-16-7-5-4-6-14(16)18/h4-11,15,17H,3,19H2,1-2H3. The predicted octanol–water partition coefficient (Wildman–Crippen LogP) is 5.22. The lowest BCUT2D eigenvalue weighted by Crippen LogP contribution is -2.25. The van der Waals surface area contributed by atoms with Crippen LogP contribution in [0.25, 0.3) is 0 Å². The Morgan fingerprint density at radius 2 is 1.75 bits per heavy atom. The summed E-state index contributed by atoms with van der Waals surface area (Å²) in [5.74, 6) is 0. The first-order valence-corrected chi connectivity index (χ1v) is 8.11. The Bertz CT molecular complexity index is 553. The molecule has 2 rings (SSSR count). The maximum absolute atomic E-state index is 6.32. The van der Waals surface area contributed by atoms with Crippen LogP contribution < -0.4 is 5.73 Å². The molecule has 0 radical (unpaired) electrons. The van der Waals surface area contributed by atoms with E-state index in [-0.39, 0.29) is 11.3 Å². The average Bonchev–Trinajstić information content (AvgIpc) is 2.47. The first kappa shape index (κ1) is 15.4. The largest absolute Gasteiger partial charge is 0.326 e. The van der Waals surface area contributed by atoms with Crippen LogP contribution in [-0.2, 0) is 0 Å². The van der Waals surface area contributed by atoms with Gasteiger partial charge >= 0.3 is 0 Å². The van der Waals surface area contributed by atoms with Crippen LogP contribution in [0.4, 0.5) is 0 Å². The molecule has 2 aromatic rings. The molecule has 2 N–H and O–H groups in total. The highest BCUT2D eigenvalue weighted by molar-refractivity contribution is 7.99. The molecule has 0 spiro atoms. The molecule has 0 amide bonds. The van der Waals surface area contributed by atoms with Gasteiger partial charge in [0.25, 0.3) is 0 Å². The maximum Gasteiger partial charge on any atom is 0.0542 e. The van der Waals surface area contributed by atoms with Gasteiger partial charge in [0.2, 0.25) is 0 Å². The molecule has 1 nitrogen and oxygen atoms in total. The third kappa shape index (κ3) is 3.78. The summed E-state index contributed by atoms with van der Waals surface area (Å²) in [5, 5.41) is 1.01. The minimum atomic E-state index is 0.110. The summed E-state index contributed by atoms with van der Waals surface area (Å²) < 4.78 is 0. The fourth-order valence-corrected chi connectivity index (χ4v) is 3.59. The van der Waals surface area contributed by atoms with Crippen LogP contribution in [0.5, 0.6) is 0 Å². The molecule has 106 valence electrons. The van der Waals surface area contributed by atoms with Crippen LogP contribution >= 0.6 is 23.4 Å². The van der Waals surface area contributed by atoms with Gasteiger partial charge in [-0.3, -0.25) is 0 Å². The summed E-state index contributed by atoms with van der Waals surface area (Å²) in [7, 11) is 0. The Morgan fingerprint density at radius 3 is 2.35 bits per heavy atom. The Kier molecular flexibility index (Phi) is 5.53. The van der Waals surface area contributed by atoms with Crippen molar-refractivity contribution in [2.75, 3.05) is 0 Å². The van der Waals surface area contributed by atoms with Crippen molar-refractivity contribution in [3.05, 3.63) is 64.7 Å². The Morgan fingerprint density at radius 1 is 1.10 bits per heavy atom. The minimum Gasteiger partial charge on any atom is -0.326 e. The zero-order valence-electron chi connectivity index (χ0n) is 11.8. The molecular weight excluding hydrogens is 286 g/mol. The van der Waals surface area contributed by atoms with Gasteiger partial charge in [-0.25, -0.2) is 0 Å². The molecule has 0 bridgehead atoms. The van der Waals surface area contributed by atoms with Crippen LogP contribution in [0.3, 0.4) is 0 Å². The Balaban J connectivity index is 2.29. The lowest BCUT2D eigenvalue weighted by Gasteiger charge is -2.23. The SMILES string of the molecule is CCC(N)C(Sc1ccccc1Cl)c1ccc(C)cc1. The van der Waals surface area contributed by atoms with Crippen molar-refractivity contribution in [1.29, 1.82) is 0 Å². The summed E-state index contributed by atoms with van der Waals surface area (Å²) in [5.41, 5.74) is 8.84. The monoisotopic (exact) mass is 305 g/mol. The van der Waals surface area contributed by atoms with Crippen LogP contribution in [-0.4, -0.2) is 6.04 Å². The van der Waals surface area contributed by atoms with Gasteiger partial charge in [-0.05, 0) is 31.0 Å². The summed E-state index contributed by atoms with van der Waals surface area (Å²) >= 11 is 8.02. The normalized spacial score (nSPS) is 14.0. The van der Waals surface area contributed by atoms with E-state index in [4.69, 9.17) is 17.3 Å². The molecule has 0 fully saturated rings. The first-order chi connectivity index (χ1) is 9.61. The van der Waals surface area contributed by atoms with E-state index in [0.29, 0.717) is 0 Å². The molecule has 3 heteroatoms. The number of benzene rings is 2. The lowest BCUT2D eigenvalue weighted by atomic mass is 10.0. The number of thioether (sulfide) groups is 1. The van der Waals surface area contributed by atoms with Crippen LogP contribution in [0, 0.1) is 6.92 Å². The number of hydrogen-bond acceptors (Lipinski definition) is 2. The molecular formula is C17H20ClNS. The topological polar surface area (TPSA) is 26.0 Å². The van der Waals surface area contributed by atoms with Crippen LogP contribution in [0.2, 0.25) is 5.02 Å². The number of rotatable bonds is 5. The van der Waals surface area contributed by atoms with Gasteiger partial charge in [0, 0.05) is 16.2 Å². The molecule has 2 unspecified atom stereocenters. The highest BCUT2D eigenvalue weighted by Crippen LogP contribution is 2.40. The van der Waals surface area contributed by atoms with Gasteiger partial charge in [-0.1, -0.05) is 60.5 Å². The Labute approximate surface area is 130 Å². The molecule has 0 aliphatic rings. The molecule has 0 aromatic heterocycles. The van der Waals surface area contributed by atoms with Crippen molar-refractivity contribution < 1.29 is 0 Å². The highest BCUT2D eigenvalue weighted by atomic mass is 35.5. The molecule has 0 heterocycles. The molecule has 2 aromatic carbocycles. The first-order valence-electron chi connectivity index (χ1n) is 6.85. The molecule has 0 aliphatic heterocycles. The molecule has 2 atom stereocenters. The van der Waals surface area contributed by atoms with Crippen molar-refractivity contribution in [3.8, 4) is 0 Å². The molecule has 0 saturated carbocycles. The van der Waals surface area contributed by atoms with Crippen LogP contribution in [0.15, 0.2) is 53.4 Å². The maximum atomic E-state index is 6.32. The number of halogens is 1. The third-order valence-electron chi connectivity index (χ3n) is 3.36. The van der Waals surface area contributed by atoms with Crippen LogP contribution in [0.1, 0.15) is 29.7 Å². The smallest absolute Gasteiger partial charge is 0.0542 e. The van der Waals surface area contributed by atoms with E-state index in [1.165, 1.54) is 11.1 Å². The van der Waals surface area contributed by atoms with Crippen molar-refractivity contribution >= 4 is 23.4 Å². The van der Waals surface area contributed by atoms with Gasteiger partial charge in [0.15, 0.2) is 0 Å². The van der Waals surface area contributed by atoms with Gasteiger partial charge in [-0.15, -0.1) is 11.8 Å². The fraction of sp³-hybridized carbons (Fsp3) is 0.294. The second-order valence-corrected chi connectivity index (χ2v) is 6.54. The number of aryl methyl sites for hydroxylation is 1. The van der Waals surface area contributed by atoms with Gasteiger partial charge < -0.3 is 5.73 Å². The summed E-state index contributed by atoms with van der Waals surface area (Å²) in [6, 6.07) is 16.7. The minimum absolute atomic E-state index is 0.110. The molecule has 0 aliphatic carbocycles. The highest BCUT2D eigenvalue weighted by Gasteiger charge is 2.20.